The van der Waals surface area contributed by atoms with Crippen LogP contribution in [0.2, 0.25) is 0 Å². The van der Waals surface area contributed by atoms with Gasteiger partial charge in [-0.05, 0) is 0 Å². The van der Waals surface area contributed by atoms with Crippen LogP contribution in [0.3, 0.4) is 0 Å². The zero-order chi connectivity index (χ0) is 8.72. The summed E-state index contributed by atoms with van der Waals surface area (Å²) in [5.41, 5.74) is -0.751. The molecule has 6 heteroatoms. The molecule has 0 fully saturated rings. The van der Waals surface area contributed by atoms with Gasteiger partial charge in [-0.2, -0.15) is 0 Å². The third-order valence-electron chi connectivity index (χ3n) is 1.49. The molecule has 0 bridgehead atoms. The maximum Gasteiger partial charge on any atom is 0.344 e. The number of thiazole rings is 1. The summed E-state index contributed by atoms with van der Waals surface area (Å²) in [6.07, 6.45) is 1.60. The Labute approximate surface area is 69.9 Å². The molecule has 0 unspecified atom stereocenters. The highest BCUT2D eigenvalue weighted by atomic mass is 32.1. The van der Waals surface area contributed by atoms with Crippen LogP contribution >= 0.6 is 11.3 Å². The highest BCUT2D eigenvalue weighted by Gasteiger charge is 2.16. The van der Waals surface area contributed by atoms with E-state index < -0.39 is 11.5 Å². The molecule has 0 amide bonds. The highest BCUT2D eigenvalue weighted by molar-refractivity contribution is 7.15. The summed E-state index contributed by atoms with van der Waals surface area (Å²) in [5, 5.41) is 12.7. The van der Waals surface area contributed by atoms with E-state index in [2.05, 4.69) is 5.10 Å². The molecule has 0 radical (unpaired) electrons. The number of hydrogen-bond donors (Lipinski definition) is 2. The zero-order valence-electron chi connectivity index (χ0n) is 5.77. The molecule has 5 nitrogen and oxygen atoms in total. The van der Waals surface area contributed by atoms with Crippen molar-refractivity contribution >= 4 is 22.1 Å². The fourth-order valence-corrected chi connectivity index (χ4v) is 1.83. The predicted octanol–water partition coefficient (Wildman–Crippen LogP) is 0.387. The first-order valence-electron chi connectivity index (χ1n) is 3.11. The Morgan fingerprint density at radius 1 is 1.67 bits per heavy atom. The second-order valence-corrected chi connectivity index (χ2v) is 3.09. The number of nitrogens with one attached hydrogen (secondary N) is 1. The molecule has 0 saturated carbocycles. The molecule has 0 spiro atoms. The Morgan fingerprint density at radius 2 is 2.42 bits per heavy atom. The SMILES string of the molecule is O=C(O)c1c(=O)[nH]n2ccsc12. The molecule has 2 rings (SSSR count). The van der Waals surface area contributed by atoms with Crippen molar-refractivity contribution in [2.45, 2.75) is 0 Å². The van der Waals surface area contributed by atoms with Gasteiger partial charge >= 0.3 is 5.97 Å². The number of H-pyrrole nitrogens is 1. The van der Waals surface area contributed by atoms with Crippen molar-refractivity contribution in [3.05, 3.63) is 27.5 Å². The number of aromatic nitrogens is 2. The molecular weight excluding hydrogens is 180 g/mol. The number of hydrogen-bond acceptors (Lipinski definition) is 3. The molecule has 0 saturated heterocycles. The van der Waals surface area contributed by atoms with E-state index in [0.29, 0.717) is 4.83 Å². The van der Waals surface area contributed by atoms with Crippen LogP contribution in [0.5, 0.6) is 0 Å². The number of rotatable bonds is 1. The van der Waals surface area contributed by atoms with Crippen molar-refractivity contribution < 1.29 is 9.90 Å². The van der Waals surface area contributed by atoms with Crippen LogP contribution in [-0.4, -0.2) is 20.7 Å². The van der Waals surface area contributed by atoms with Gasteiger partial charge in [0.1, 0.15) is 4.83 Å². The van der Waals surface area contributed by atoms with Crippen molar-refractivity contribution in [2.75, 3.05) is 0 Å². The highest BCUT2D eigenvalue weighted by Crippen LogP contribution is 2.12. The fourth-order valence-electron chi connectivity index (χ4n) is 0.999. The number of carboxylic acid groups (broad SMARTS) is 1. The lowest BCUT2D eigenvalue weighted by molar-refractivity contribution is 0.0698. The minimum Gasteiger partial charge on any atom is -0.477 e. The Bertz CT molecular complexity index is 492. The maximum atomic E-state index is 11.0. The standard InChI is InChI=1S/C6H4N2O3S/c9-4-3(6(10)11)5-8(7-4)1-2-12-5/h1-2H,(H,7,9)(H,10,11). The summed E-state index contributed by atoms with van der Waals surface area (Å²) in [6, 6.07) is 0. The van der Waals surface area contributed by atoms with Gasteiger partial charge in [-0.1, -0.05) is 0 Å². The molecule has 0 atom stereocenters. The maximum absolute atomic E-state index is 11.0. The second kappa shape index (κ2) is 2.21. The first-order valence-corrected chi connectivity index (χ1v) is 3.99. The topological polar surface area (TPSA) is 74.6 Å². The van der Waals surface area contributed by atoms with Crippen molar-refractivity contribution in [2.24, 2.45) is 0 Å². The van der Waals surface area contributed by atoms with Crippen LogP contribution < -0.4 is 5.56 Å². The summed E-state index contributed by atoms with van der Waals surface area (Å²) in [7, 11) is 0. The van der Waals surface area contributed by atoms with Gasteiger partial charge in [0, 0.05) is 11.6 Å². The number of aromatic amines is 1. The molecule has 2 aromatic rings. The fraction of sp³-hybridized carbons (Fsp3) is 0. The number of fused-ring (bicyclic) bond motifs is 1. The van der Waals surface area contributed by atoms with Crippen LogP contribution in [0.15, 0.2) is 16.4 Å². The average molecular weight is 184 g/mol. The quantitative estimate of drug-likeness (QED) is 0.673. The first kappa shape index (κ1) is 7.11. The first-order chi connectivity index (χ1) is 5.70. The molecule has 0 aliphatic heterocycles. The van der Waals surface area contributed by atoms with Crippen molar-refractivity contribution in [1.29, 1.82) is 0 Å². The van der Waals surface area contributed by atoms with Gasteiger partial charge in [0.15, 0.2) is 5.56 Å². The van der Waals surface area contributed by atoms with E-state index in [1.54, 1.807) is 11.6 Å². The molecular formula is C6H4N2O3S. The van der Waals surface area contributed by atoms with Crippen LogP contribution in [0, 0.1) is 0 Å². The van der Waals surface area contributed by atoms with E-state index in [1.807, 2.05) is 0 Å². The number of aromatic carboxylic acids is 1. The molecule has 2 aromatic heterocycles. The van der Waals surface area contributed by atoms with Gasteiger partial charge < -0.3 is 5.11 Å². The lowest BCUT2D eigenvalue weighted by atomic mass is 10.4. The Kier molecular flexibility index (Phi) is 1.31. The van der Waals surface area contributed by atoms with Crippen molar-refractivity contribution in [3.8, 4) is 0 Å². The number of carboxylic acids is 1. The Balaban J connectivity index is 2.94. The third kappa shape index (κ3) is 0.782. The van der Waals surface area contributed by atoms with E-state index in [-0.39, 0.29) is 5.56 Å². The molecule has 0 aliphatic carbocycles. The van der Waals surface area contributed by atoms with E-state index in [0.717, 1.165) is 0 Å². The largest absolute Gasteiger partial charge is 0.477 e. The van der Waals surface area contributed by atoms with Gasteiger partial charge in [0.05, 0.1) is 0 Å². The summed E-state index contributed by atoms with van der Waals surface area (Å²) >= 11 is 1.21. The second-order valence-electron chi connectivity index (χ2n) is 2.20. The minimum atomic E-state index is -1.19. The average Bonchev–Trinajstić information content (AvgIpc) is 2.44. The van der Waals surface area contributed by atoms with Crippen LogP contribution in [0.25, 0.3) is 4.83 Å². The third-order valence-corrected chi connectivity index (χ3v) is 2.37. The molecule has 62 valence electrons. The van der Waals surface area contributed by atoms with E-state index >= 15 is 0 Å². The van der Waals surface area contributed by atoms with Gasteiger partial charge in [0.25, 0.3) is 5.56 Å². The lowest BCUT2D eigenvalue weighted by Gasteiger charge is -1.81. The summed E-state index contributed by atoms with van der Waals surface area (Å²) in [5.74, 6) is -1.19. The summed E-state index contributed by atoms with van der Waals surface area (Å²) < 4.78 is 1.40. The van der Waals surface area contributed by atoms with E-state index in [4.69, 9.17) is 5.11 Å². The summed E-state index contributed by atoms with van der Waals surface area (Å²) in [6.45, 7) is 0. The Morgan fingerprint density at radius 3 is 3.08 bits per heavy atom. The molecule has 2 N–H and O–H groups in total. The van der Waals surface area contributed by atoms with Crippen LogP contribution in [0.1, 0.15) is 10.4 Å². The monoisotopic (exact) mass is 184 g/mol. The smallest absolute Gasteiger partial charge is 0.344 e. The van der Waals surface area contributed by atoms with Crippen LogP contribution in [0.4, 0.5) is 0 Å². The van der Waals surface area contributed by atoms with Gasteiger partial charge in [0.2, 0.25) is 0 Å². The number of carbonyl (C=O) groups is 1. The number of nitrogens with zero attached hydrogens (tertiary/aromatic N) is 1. The van der Waals surface area contributed by atoms with Crippen molar-refractivity contribution in [1.82, 2.24) is 9.61 Å². The zero-order valence-corrected chi connectivity index (χ0v) is 6.59. The molecule has 12 heavy (non-hydrogen) atoms. The van der Waals surface area contributed by atoms with Crippen molar-refractivity contribution in [3.63, 3.8) is 0 Å². The minimum absolute atomic E-state index is 0.190. The molecule has 0 aromatic carbocycles. The predicted molar refractivity (Wildman–Crippen MR) is 42.9 cm³/mol. The van der Waals surface area contributed by atoms with Gasteiger partial charge in [-0.15, -0.1) is 11.3 Å². The normalized spacial score (nSPS) is 10.7. The van der Waals surface area contributed by atoms with Crippen LogP contribution in [-0.2, 0) is 0 Å². The van der Waals surface area contributed by atoms with E-state index in [9.17, 15) is 9.59 Å². The lowest BCUT2D eigenvalue weighted by Crippen LogP contribution is -2.11. The van der Waals surface area contributed by atoms with Gasteiger partial charge in [-0.25, -0.2) is 9.31 Å². The summed E-state index contributed by atoms with van der Waals surface area (Å²) in [4.78, 5) is 22.0. The Hall–Kier alpha value is -1.56. The van der Waals surface area contributed by atoms with E-state index in [1.165, 1.54) is 15.9 Å². The molecule has 2 heterocycles. The molecule has 0 aliphatic rings. The van der Waals surface area contributed by atoms with Gasteiger partial charge in [-0.3, -0.25) is 9.89 Å².